The number of H-pyrrole nitrogens is 1. The number of amides is 1. The Labute approximate surface area is 384 Å². The Morgan fingerprint density at radius 2 is 1.73 bits per heavy atom. The Hall–Kier alpha value is -3.42. The van der Waals surface area contributed by atoms with Crippen LogP contribution in [-0.2, 0) is 49.7 Å². The van der Waals surface area contributed by atoms with E-state index in [1.54, 1.807) is 13.8 Å². The molecule has 3 fully saturated rings. The molecule has 3 aromatic heterocycles. The van der Waals surface area contributed by atoms with E-state index in [4.69, 9.17) is 35.8 Å². The fraction of sp³-hybridized carbons (Fsp3) is 0.737. The van der Waals surface area contributed by atoms with E-state index in [9.17, 15) is 24.3 Å². The second-order valence-corrected chi connectivity index (χ2v) is 29.3. The van der Waals surface area contributed by atoms with Gasteiger partial charge in [-0.3, -0.25) is 42.6 Å². The van der Waals surface area contributed by atoms with Crippen molar-refractivity contribution >= 4 is 62.2 Å². The summed E-state index contributed by atoms with van der Waals surface area (Å²) in [4.78, 5) is 59.1. The van der Waals surface area contributed by atoms with E-state index in [1.807, 2.05) is 33.8 Å². The van der Waals surface area contributed by atoms with Crippen LogP contribution >= 0.6 is 16.1 Å². The minimum atomic E-state index is -4.91. The molecule has 23 nitrogen and oxygen atoms in total. The molecule has 66 heavy (non-hydrogen) atoms. The zero-order valence-electron chi connectivity index (χ0n) is 38.6. The number of aromatic nitrogens is 7. The standard InChI is InChI=1S/C38H61FN10O13P2Si2/c1-20(2)34(50)47-38-46-33-29(35(51)48-38)44-19-49(33)36-32(31-27(58-36)16-57-65(21(3)4,22(5)6)62-66(61-31,23(7)8)24(9)10)60-64(54,55-13-11-12-40)56-15-25-14-26(28(39)30(25)59-63(52)53)45-37-42-17-41-18-43-37/h17-28,30-32,36,63H,11,13-16H2,1-10H3,(H,52,53)(H,41,42,43,45)(H2,46,47,48,50,51)/t25-,26-,27-,28+,30-,31-,32-,36-,64+/m1/s1. The third kappa shape index (κ3) is 11.0. The average Bonchev–Trinajstić information content (AvgIpc) is 3.89. The first-order valence-corrected chi connectivity index (χ1v) is 28.6. The van der Waals surface area contributed by atoms with Crippen LogP contribution in [0.3, 0.4) is 0 Å². The van der Waals surface area contributed by atoms with Crippen molar-refractivity contribution < 1.29 is 59.0 Å². The largest absolute Gasteiger partial charge is 0.475 e. The van der Waals surface area contributed by atoms with Crippen molar-refractivity contribution in [2.24, 2.45) is 11.8 Å². The van der Waals surface area contributed by atoms with Crippen LogP contribution in [0.4, 0.5) is 16.3 Å². The Morgan fingerprint density at radius 3 is 2.33 bits per heavy atom. The van der Waals surface area contributed by atoms with Crippen molar-refractivity contribution in [1.82, 2.24) is 34.5 Å². The predicted octanol–water partition coefficient (Wildman–Crippen LogP) is 5.80. The van der Waals surface area contributed by atoms with E-state index in [1.165, 1.54) is 23.5 Å². The number of anilines is 2. The number of nitrogens with zero attached hydrogens (tertiary/aromatic N) is 7. The van der Waals surface area contributed by atoms with Crippen molar-refractivity contribution in [3.05, 3.63) is 29.3 Å². The SMILES string of the molecule is CC(C)C(=O)Nc1nc2c(ncn2[C@@H]2O[C@@H]3CO[Si](C(C)C)(C(C)C)O[Si](C(C)C)(C(C)C)O[C@H]3[C@H]2O[P@@](=O)(OCCC#N)OC[C@H]2C[C@@H](Nc3ncncn3)[C@H](F)[C@@H]2O[PH](=O)O)c(=O)[nH]1. The molecule has 2 saturated heterocycles. The van der Waals surface area contributed by atoms with Gasteiger partial charge < -0.3 is 32.4 Å². The molecule has 6 rings (SSSR count). The maximum atomic E-state index is 16.0. The second kappa shape index (κ2) is 21.5. The molecule has 0 aromatic carbocycles. The molecule has 3 aromatic rings. The van der Waals surface area contributed by atoms with Crippen LogP contribution < -0.4 is 16.2 Å². The molecule has 10 atom stereocenters. The number of imidazole rings is 1. The van der Waals surface area contributed by atoms with Gasteiger partial charge in [-0.25, -0.2) is 28.9 Å². The number of alkyl halides is 1. The van der Waals surface area contributed by atoms with Crippen molar-refractivity contribution in [2.45, 2.75) is 147 Å². The van der Waals surface area contributed by atoms with Crippen molar-refractivity contribution in [3.8, 4) is 6.07 Å². The highest BCUT2D eigenvalue weighted by Crippen LogP contribution is 2.57. The van der Waals surface area contributed by atoms with Crippen LogP contribution in [0.25, 0.3) is 11.2 Å². The van der Waals surface area contributed by atoms with E-state index in [0.717, 1.165) is 0 Å². The van der Waals surface area contributed by atoms with Gasteiger partial charge in [-0.05, 0) is 28.6 Å². The van der Waals surface area contributed by atoms with E-state index < -0.39 is 113 Å². The highest BCUT2D eigenvalue weighted by Gasteiger charge is 2.63. The number of phosphoric acid groups is 1. The van der Waals surface area contributed by atoms with Crippen LogP contribution in [-0.4, -0.2) is 119 Å². The number of nitrogens with one attached hydrogen (secondary N) is 3. The van der Waals surface area contributed by atoms with Crippen LogP contribution in [0.1, 0.15) is 88.3 Å². The Balaban J connectivity index is 1.45. The van der Waals surface area contributed by atoms with Crippen molar-refractivity contribution in [2.75, 3.05) is 30.5 Å². The van der Waals surface area contributed by atoms with E-state index in [0.29, 0.717) is 0 Å². The fourth-order valence-electron chi connectivity index (χ4n) is 8.67. The molecule has 2 aliphatic heterocycles. The highest BCUT2D eigenvalue weighted by molar-refractivity contribution is 7.48. The molecule has 1 amide bonds. The van der Waals surface area contributed by atoms with Crippen LogP contribution in [0, 0.1) is 23.2 Å². The molecule has 1 saturated carbocycles. The molecule has 0 radical (unpaired) electrons. The van der Waals surface area contributed by atoms with Gasteiger partial charge in [0.1, 0.15) is 43.2 Å². The minimum absolute atomic E-state index is 0.0227. The number of nitriles is 1. The zero-order valence-corrected chi connectivity index (χ0v) is 42.5. The molecular formula is C38H61FN10O13P2Si2. The number of carbonyl (C=O) groups is 1. The fourth-order valence-corrected chi connectivity index (χ4v) is 21.8. The van der Waals surface area contributed by atoms with E-state index in [-0.39, 0.29) is 64.7 Å². The van der Waals surface area contributed by atoms with Gasteiger partial charge >= 0.3 is 33.2 Å². The number of rotatable bonds is 19. The maximum Gasteiger partial charge on any atom is 0.475 e. The van der Waals surface area contributed by atoms with Gasteiger partial charge in [0.2, 0.25) is 17.8 Å². The first kappa shape index (κ1) is 52.0. The molecule has 0 bridgehead atoms. The van der Waals surface area contributed by atoms with Gasteiger partial charge in [0.25, 0.3) is 5.56 Å². The summed E-state index contributed by atoms with van der Waals surface area (Å²) in [5.74, 6) is -2.01. The van der Waals surface area contributed by atoms with Gasteiger partial charge in [0.15, 0.2) is 17.4 Å². The normalized spacial score (nSPS) is 27.8. The summed E-state index contributed by atoms with van der Waals surface area (Å²) in [6.45, 7) is 18.6. The van der Waals surface area contributed by atoms with Crippen molar-refractivity contribution in [1.29, 1.82) is 5.26 Å². The van der Waals surface area contributed by atoms with Gasteiger partial charge in [0.05, 0.1) is 44.7 Å². The molecule has 366 valence electrons. The number of fused-ring (bicyclic) bond motifs is 2. The summed E-state index contributed by atoms with van der Waals surface area (Å²) in [6.07, 6.45) is -4.88. The summed E-state index contributed by atoms with van der Waals surface area (Å²) in [7, 11) is -15.2. The van der Waals surface area contributed by atoms with Gasteiger partial charge in [-0.2, -0.15) is 10.2 Å². The van der Waals surface area contributed by atoms with Gasteiger partial charge in [-0.15, -0.1) is 0 Å². The number of halogens is 1. The maximum absolute atomic E-state index is 16.0. The summed E-state index contributed by atoms with van der Waals surface area (Å²) >= 11 is 0. The summed E-state index contributed by atoms with van der Waals surface area (Å²) < 4.78 is 96.8. The zero-order chi connectivity index (χ0) is 48.3. The summed E-state index contributed by atoms with van der Waals surface area (Å²) in [6, 6.07) is 0.892. The number of ether oxygens (including phenoxy) is 1. The van der Waals surface area contributed by atoms with E-state index in [2.05, 4.69) is 68.2 Å². The molecular weight excluding hydrogens is 942 g/mol. The Bertz CT molecular complexity index is 2310. The monoisotopic (exact) mass is 1000 g/mol. The first-order chi connectivity index (χ1) is 31.1. The lowest BCUT2D eigenvalue weighted by molar-refractivity contribution is -0.118. The Morgan fingerprint density at radius 1 is 1.06 bits per heavy atom. The minimum Gasteiger partial charge on any atom is -0.414 e. The summed E-state index contributed by atoms with van der Waals surface area (Å²) in [5, 5.41) is 14.9. The number of hydrogen-bond acceptors (Lipinski definition) is 19. The third-order valence-corrected chi connectivity index (χ3v) is 24.2. The molecule has 28 heteroatoms. The highest BCUT2D eigenvalue weighted by atomic mass is 31.2. The van der Waals surface area contributed by atoms with Crippen LogP contribution in [0.15, 0.2) is 23.8 Å². The molecule has 4 N–H and O–H groups in total. The number of hydrogen-bond donors (Lipinski definition) is 4. The molecule has 3 aliphatic rings. The number of aromatic amines is 1. The summed E-state index contributed by atoms with van der Waals surface area (Å²) in [5.41, 5.74) is -1.23. The molecule has 5 heterocycles. The lowest BCUT2D eigenvalue weighted by atomic mass is 10.1. The second-order valence-electron chi connectivity index (χ2n) is 18.1. The van der Waals surface area contributed by atoms with Crippen LogP contribution in [0.2, 0.25) is 22.2 Å². The van der Waals surface area contributed by atoms with Gasteiger partial charge in [-0.1, -0.05) is 69.2 Å². The van der Waals surface area contributed by atoms with E-state index >= 15 is 8.96 Å². The molecule has 1 unspecified atom stereocenters. The predicted molar refractivity (Wildman–Crippen MR) is 240 cm³/mol. The number of carbonyl (C=O) groups excluding carboxylic acids is 1. The molecule has 0 spiro atoms. The molecule has 1 aliphatic carbocycles. The third-order valence-electron chi connectivity index (χ3n) is 12.0. The van der Waals surface area contributed by atoms with Gasteiger partial charge in [0, 0.05) is 11.8 Å². The quantitative estimate of drug-likeness (QED) is 0.0627. The van der Waals surface area contributed by atoms with Crippen molar-refractivity contribution in [3.63, 3.8) is 0 Å². The lowest BCUT2D eigenvalue weighted by Gasteiger charge is -2.51. The lowest BCUT2D eigenvalue weighted by Crippen LogP contribution is -2.65. The Kier molecular flexibility index (Phi) is 16.9. The topological polar surface area (TPSA) is 295 Å². The first-order valence-electron chi connectivity index (χ1n) is 22.0. The average molecular weight is 1000 g/mol. The van der Waals surface area contributed by atoms with Crippen LogP contribution in [0.5, 0.6) is 0 Å². The smallest absolute Gasteiger partial charge is 0.414 e. The number of phosphoric ester groups is 1.